The molecule has 0 saturated carbocycles. The summed E-state index contributed by atoms with van der Waals surface area (Å²) < 4.78 is 0. The van der Waals surface area contributed by atoms with Crippen LogP contribution in [0.2, 0.25) is 0 Å². The van der Waals surface area contributed by atoms with Crippen LogP contribution in [0.25, 0.3) is 0 Å². The Kier molecular flexibility index (Phi) is 3.57. The first-order chi connectivity index (χ1) is 9.88. The third kappa shape index (κ3) is 2.97. The molecule has 1 heterocycles. The highest BCUT2D eigenvalue weighted by atomic mass is 16.4. The molecule has 9 nitrogen and oxygen atoms in total. The molecule has 0 fully saturated rings. The number of H-pyrrole nitrogens is 2. The summed E-state index contributed by atoms with van der Waals surface area (Å²) in [6.45, 7) is 0. The highest BCUT2D eigenvalue weighted by Crippen LogP contribution is 2.23. The molecule has 0 aliphatic rings. The van der Waals surface area contributed by atoms with Gasteiger partial charge in [0.05, 0.1) is 5.69 Å². The van der Waals surface area contributed by atoms with Gasteiger partial charge in [-0.1, -0.05) is 0 Å². The normalized spacial score (nSPS) is 10.9. The Labute approximate surface area is 115 Å². The van der Waals surface area contributed by atoms with Crippen molar-refractivity contribution >= 4 is 17.9 Å². The number of aromatic amines is 2. The molecule has 108 valence electrons. The lowest BCUT2D eigenvalue weighted by molar-refractivity contribution is 0.0694. The second-order valence-corrected chi connectivity index (χ2v) is 3.94. The minimum absolute atomic E-state index is 0.155. The fourth-order valence-corrected chi connectivity index (χ4v) is 1.52. The molecule has 21 heavy (non-hydrogen) atoms. The van der Waals surface area contributed by atoms with Gasteiger partial charge in [0, 0.05) is 12.3 Å². The fraction of sp³-hybridized carbons (Fsp3) is 0. The van der Waals surface area contributed by atoms with E-state index in [2.05, 4.69) is 4.99 Å². The first-order valence-corrected chi connectivity index (χ1v) is 5.54. The van der Waals surface area contributed by atoms with E-state index in [9.17, 15) is 24.6 Å². The number of phenols is 1. The predicted octanol–water partition coefficient (Wildman–Crippen LogP) is -0.0768. The maximum absolute atomic E-state index is 11.4. The Morgan fingerprint density at radius 2 is 1.90 bits per heavy atom. The van der Waals surface area contributed by atoms with Gasteiger partial charge in [0.25, 0.3) is 5.56 Å². The molecular formula is C12H9N3O6. The molecule has 9 heteroatoms. The van der Waals surface area contributed by atoms with Crippen LogP contribution in [0.5, 0.6) is 11.6 Å². The zero-order chi connectivity index (χ0) is 15.6. The summed E-state index contributed by atoms with van der Waals surface area (Å²) in [4.78, 5) is 40.7. The van der Waals surface area contributed by atoms with Crippen molar-refractivity contribution in [3.05, 3.63) is 50.2 Å². The molecule has 0 amide bonds. The average Bonchev–Trinajstić information content (AvgIpc) is 2.36. The molecule has 5 N–H and O–H groups in total. The maximum Gasteiger partial charge on any atom is 0.339 e. The van der Waals surface area contributed by atoms with E-state index in [-0.39, 0.29) is 16.8 Å². The van der Waals surface area contributed by atoms with Crippen molar-refractivity contribution in [1.29, 1.82) is 0 Å². The van der Waals surface area contributed by atoms with Gasteiger partial charge in [0.15, 0.2) is 0 Å². The number of carboxylic acid groups (broad SMARTS) is 1. The summed E-state index contributed by atoms with van der Waals surface area (Å²) in [6.07, 6.45) is 0.972. The Morgan fingerprint density at radius 1 is 1.19 bits per heavy atom. The van der Waals surface area contributed by atoms with E-state index in [1.54, 1.807) is 0 Å². The van der Waals surface area contributed by atoms with Crippen molar-refractivity contribution in [1.82, 2.24) is 9.97 Å². The van der Waals surface area contributed by atoms with E-state index >= 15 is 0 Å². The summed E-state index contributed by atoms with van der Waals surface area (Å²) in [6, 6.07) is 3.52. The Balaban J connectivity index is 2.39. The molecule has 0 saturated heterocycles. The van der Waals surface area contributed by atoms with Crippen molar-refractivity contribution in [2.24, 2.45) is 4.99 Å². The summed E-state index contributed by atoms with van der Waals surface area (Å²) in [7, 11) is 0. The van der Waals surface area contributed by atoms with E-state index in [4.69, 9.17) is 5.11 Å². The van der Waals surface area contributed by atoms with Crippen LogP contribution in [-0.4, -0.2) is 37.5 Å². The lowest BCUT2D eigenvalue weighted by Crippen LogP contribution is -2.24. The zero-order valence-corrected chi connectivity index (χ0v) is 10.3. The highest BCUT2D eigenvalue weighted by Gasteiger charge is 2.10. The highest BCUT2D eigenvalue weighted by molar-refractivity contribution is 5.91. The molecule has 0 aliphatic heterocycles. The molecule has 0 atom stereocenters. The van der Waals surface area contributed by atoms with Gasteiger partial charge in [-0.15, -0.1) is 0 Å². The third-order valence-electron chi connectivity index (χ3n) is 2.51. The molecule has 2 aromatic rings. The van der Waals surface area contributed by atoms with Gasteiger partial charge in [-0.2, -0.15) is 0 Å². The van der Waals surface area contributed by atoms with Crippen molar-refractivity contribution in [2.75, 3.05) is 0 Å². The molecule has 0 spiro atoms. The van der Waals surface area contributed by atoms with Crippen molar-refractivity contribution in [2.45, 2.75) is 0 Å². The number of aromatic hydroxyl groups is 2. The molecule has 0 aliphatic carbocycles. The van der Waals surface area contributed by atoms with E-state index in [0.29, 0.717) is 0 Å². The minimum atomic E-state index is -1.29. The van der Waals surface area contributed by atoms with E-state index < -0.39 is 28.8 Å². The van der Waals surface area contributed by atoms with Crippen molar-refractivity contribution in [3.63, 3.8) is 0 Å². The summed E-state index contributed by atoms with van der Waals surface area (Å²) in [5.41, 5.74) is -2.12. The SMILES string of the molecule is O=C(O)c1ccc(N=Cc2c(O)[nH]c(=O)[nH]c2=O)cc1O. The predicted molar refractivity (Wildman–Crippen MR) is 71.7 cm³/mol. The number of rotatable bonds is 3. The molecule has 0 unspecified atom stereocenters. The monoisotopic (exact) mass is 291 g/mol. The number of hydrogen-bond donors (Lipinski definition) is 5. The Hall–Kier alpha value is -3.36. The van der Waals surface area contributed by atoms with Crippen molar-refractivity contribution < 1.29 is 20.1 Å². The van der Waals surface area contributed by atoms with Crippen LogP contribution in [0.3, 0.4) is 0 Å². The standard InChI is InChI=1S/C12H9N3O6/c16-8-3-5(1-2-6(8)11(19)20)13-4-7-9(17)14-12(21)15-10(7)18/h1-4,16H,(H,19,20)(H3,14,15,17,18,21). The number of nitrogens with zero attached hydrogens (tertiary/aromatic N) is 1. The number of carboxylic acids is 1. The molecule has 2 rings (SSSR count). The summed E-state index contributed by atoms with van der Waals surface area (Å²) in [5, 5.41) is 27.7. The van der Waals surface area contributed by atoms with Gasteiger partial charge in [-0.3, -0.25) is 19.8 Å². The van der Waals surface area contributed by atoms with E-state index in [1.807, 2.05) is 9.97 Å². The van der Waals surface area contributed by atoms with E-state index in [0.717, 1.165) is 18.3 Å². The number of nitrogens with one attached hydrogen (secondary N) is 2. The van der Waals surface area contributed by atoms with Crippen LogP contribution >= 0.6 is 0 Å². The molecule has 1 aromatic heterocycles. The number of benzene rings is 1. The number of aromatic carboxylic acids is 1. The third-order valence-corrected chi connectivity index (χ3v) is 2.51. The Bertz CT molecular complexity index is 849. The lowest BCUT2D eigenvalue weighted by Gasteiger charge is -2.00. The lowest BCUT2D eigenvalue weighted by atomic mass is 10.2. The number of carbonyl (C=O) groups is 1. The maximum atomic E-state index is 11.4. The van der Waals surface area contributed by atoms with Gasteiger partial charge < -0.3 is 15.3 Å². The van der Waals surface area contributed by atoms with Crippen LogP contribution in [-0.2, 0) is 0 Å². The van der Waals surface area contributed by atoms with Crippen LogP contribution < -0.4 is 11.2 Å². The second-order valence-electron chi connectivity index (χ2n) is 3.94. The van der Waals surface area contributed by atoms with Crippen LogP contribution in [0.15, 0.2) is 32.8 Å². The number of hydrogen-bond acceptors (Lipinski definition) is 6. The van der Waals surface area contributed by atoms with Gasteiger partial charge in [0.1, 0.15) is 16.9 Å². The number of aliphatic imine (C=N–C) groups is 1. The van der Waals surface area contributed by atoms with Crippen LogP contribution in [0.1, 0.15) is 15.9 Å². The smallest absolute Gasteiger partial charge is 0.339 e. The van der Waals surface area contributed by atoms with E-state index in [1.165, 1.54) is 6.07 Å². The molecular weight excluding hydrogens is 282 g/mol. The molecule has 0 bridgehead atoms. The van der Waals surface area contributed by atoms with Gasteiger partial charge in [-0.05, 0) is 12.1 Å². The van der Waals surface area contributed by atoms with Crippen molar-refractivity contribution in [3.8, 4) is 11.6 Å². The molecule has 1 aromatic carbocycles. The molecule has 0 radical (unpaired) electrons. The second kappa shape index (κ2) is 5.33. The van der Waals surface area contributed by atoms with Gasteiger partial charge in [-0.25, -0.2) is 9.59 Å². The average molecular weight is 291 g/mol. The minimum Gasteiger partial charge on any atom is -0.507 e. The topological polar surface area (TPSA) is 156 Å². The van der Waals surface area contributed by atoms with Crippen LogP contribution in [0.4, 0.5) is 5.69 Å². The summed E-state index contributed by atoms with van der Waals surface area (Å²) in [5.74, 6) is -2.44. The number of aromatic nitrogens is 2. The Morgan fingerprint density at radius 3 is 2.48 bits per heavy atom. The van der Waals surface area contributed by atoms with Crippen LogP contribution in [0, 0.1) is 0 Å². The first kappa shape index (κ1) is 14.1. The van der Waals surface area contributed by atoms with Gasteiger partial charge in [0.2, 0.25) is 5.88 Å². The largest absolute Gasteiger partial charge is 0.507 e. The quantitative estimate of drug-likeness (QED) is 0.498. The summed E-state index contributed by atoms with van der Waals surface area (Å²) >= 11 is 0. The first-order valence-electron chi connectivity index (χ1n) is 5.54. The fourth-order valence-electron chi connectivity index (χ4n) is 1.52. The zero-order valence-electron chi connectivity index (χ0n) is 10.3. The van der Waals surface area contributed by atoms with Gasteiger partial charge >= 0.3 is 11.7 Å².